The van der Waals surface area contributed by atoms with Gasteiger partial charge in [0.25, 0.3) is 5.91 Å². The molecular formula is C36H35ClN2O5. The van der Waals surface area contributed by atoms with Crippen molar-refractivity contribution in [3.63, 3.8) is 0 Å². The number of rotatable bonds is 6. The van der Waals surface area contributed by atoms with E-state index in [1.807, 2.05) is 42.5 Å². The zero-order valence-corrected chi connectivity index (χ0v) is 25.3. The SMILES string of the molecule is COC(=O)c1c(Cc2ccc(C(=O)N[C@H]3CC[C@@]4(O)CC5C[C@H](C[C@@H]53)C4)cc2)c(=O)c2ccc(Cl)cc2n1-c1ccccc1. The smallest absolute Gasteiger partial charge is 0.355 e. The normalized spacial score (nSPS) is 25.5. The van der Waals surface area contributed by atoms with Gasteiger partial charge in [0.15, 0.2) is 5.43 Å². The van der Waals surface area contributed by atoms with Gasteiger partial charge >= 0.3 is 5.97 Å². The molecule has 1 unspecified atom stereocenters. The number of pyridine rings is 1. The van der Waals surface area contributed by atoms with Gasteiger partial charge in [0.1, 0.15) is 5.69 Å². The molecule has 3 aromatic carbocycles. The molecule has 3 aliphatic carbocycles. The van der Waals surface area contributed by atoms with Crippen molar-refractivity contribution in [3.05, 3.63) is 110 Å². The summed E-state index contributed by atoms with van der Waals surface area (Å²) in [7, 11) is 1.30. The maximum Gasteiger partial charge on any atom is 0.355 e. The summed E-state index contributed by atoms with van der Waals surface area (Å²) in [5.74, 6) is 0.715. The number of para-hydroxylation sites is 1. The molecule has 44 heavy (non-hydrogen) atoms. The first-order valence-corrected chi connectivity index (χ1v) is 15.7. The van der Waals surface area contributed by atoms with E-state index >= 15 is 0 Å². The largest absolute Gasteiger partial charge is 0.464 e. The lowest BCUT2D eigenvalue weighted by Gasteiger charge is -2.35. The number of carbonyl (C=O) groups is 2. The van der Waals surface area contributed by atoms with Crippen LogP contribution in [-0.2, 0) is 11.2 Å². The van der Waals surface area contributed by atoms with Gasteiger partial charge in [0.05, 0.1) is 18.2 Å². The molecule has 0 aliphatic heterocycles. The van der Waals surface area contributed by atoms with Gasteiger partial charge in [-0.2, -0.15) is 0 Å². The molecule has 7 rings (SSSR count). The summed E-state index contributed by atoms with van der Waals surface area (Å²) < 4.78 is 6.92. The molecule has 0 saturated heterocycles. The number of hydrogen-bond acceptors (Lipinski definition) is 5. The summed E-state index contributed by atoms with van der Waals surface area (Å²) in [5, 5.41) is 15.2. The van der Waals surface area contributed by atoms with Crippen molar-refractivity contribution in [2.45, 2.75) is 56.6 Å². The van der Waals surface area contributed by atoms with Crippen LogP contribution in [0.1, 0.15) is 70.5 Å². The summed E-state index contributed by atoms with van der Waals surface area (Å²) in [6.07, 6.45) is 5.71. The molecule has 1 amide bonds. The zero-order chi connectivity index (χ0) is 30.6. The summed E-state index contributed by atoms with van der Waals surface area (Å²) in [4.78, 5) is 40.6. The van der Waals surface area contributed by atoms with E-state index in [0.717, 1.165) is 44.1 Å². The minimum atomic E-state index is -0.630. The number of aromatic nitrogens is 1. The number of methoxy groups -OCH3 is 1. The van der Waals surface area contributed by atoms with Crippen molar-refractivity contribution < 1.29 is 19.4 Å². The Balaban J connectivity index is 1.20. The third-order valence-corrected chi connectivity index (χ3v) is 10.4. The standard InChI is InChI=1S/C36H35ClN2O5/c1-44-35(42)32-29(33(40)27-12-11-25(37)18-31(27)39(32)26-5-3-2-4-6-26)16-21-7-9-23(10-8-21)34(41)38-30-13-14-36(43)19-22-15-24(20-36)28(30)17-22/h2-12,18,22,24,28,30,43H,13-17,19-20H2,1H3,(H,38,41)/t22-,24?,28+,30+,36+/m1/s1. The average molecular weight is 611 g/mol. The molecule has 3 saturated carbocycles. The number of aliphatic hydroxyl groups is 1. The van der Waals surface area contributed by atoms with Crippen LogP contribution in [-0.4, -0.2) is 40.3 Å². The molecule has 3 bridgehead atoms. The Bertz CT molecular complexity index is 1820. The molecule has 0 radical (unpaired) electrons. The highest BCUT2D eigenvalue weighted by Crippen LogP contribution is 2.55. The van der Waals surface area contributed by atoms with Crippen molar-refractivity contribution in [1.82, 2.24) is 9.88 Å². The number of nitrogens with zero attached hydrogens (tertiary/aromatic N) is 1. The number of amides is 1. The van der Waals surface area contributed by atoms with Crippen LogP contribution in [0.5, 0.6) is 0 Å². The first-order chi connectivity index (χ1) is 21.2. The highest BCUT2D eigenvalue weighted by atomic mass is 35.5. The molecule has 3 fully saturated rings. The van der Waals surface area contributed by atoms with Gasteiger partial charge in [-0.05, 0) is 104 Å². The Morgan fingerprint density at radius 3 is 2.57 bits per heavy atom. The molecule has 8 heteroatoms. The Morgan fingerprint density at radius 2 is 1.82 bits per heavy atom. The van der Waals surface area contributed by atoms with Crippen LogP contribution in [0.15, 0.2) is 77.6 Å². The van der Waals surface area contributed by atoms with E-state index in [9.17, 15) is 19.5 Å². The fourth-order valence-corrected chi connectivity index (χ4v) is 8.42. The monoisotopic (exact) mass is 610 g/mol. The van der Waals surface area contributed by atoms with Crippen LogP contribution in [0, 0.1) is 17.8 Å². The molecule has 4 aromatic rings. The van der Waals surface area contributed by atoms with E-state index in [0.29, 0.717) is 50.5 Å². The Morgan fingerprint density at radius 1 is 1.05 bits per heavy atom. The number of nitrogens with one attached hydrogen (secondary N) is 1. The Kier molecular flexibility index (Phi) is 7.34. The molecular weight excluding hydrogens is 576 g/mol. The van der Waals surface area contributed by atoms with Gasteiger partial charge in [-0.25, -0.2) is 4.79 Å². The number of esters is 1. The molecule has 1 aromatic heterocycles. The predicted octanol–water partition coefficient (Wildman–Crippen LogP) is 6.08. The topological polar surface area (TPSA) is 97.6 Å². The quantitative estimate of drug-likeness (QED) is 0.258. The fraction of sp³-hybridized carbons (Fsp3) is 0.361. The van der Waals surface area contributed by atoms with E-state index in [1.165, 1.54) is 7.11 Å². The zero-order valence-electron chi connectivity index (χ0n) is 24.6. The molecule has 226 valence electrons. The number of fused-ring (bicyclic) bond motifs is 3. The van der Waals surface area contributed by atoms with Gasteiger partial charge in [-0.15, -0.1) is 0 Å². The average Bonchev–Trinajstić information content (AvgIpc) is 3.29. The van der Waals surface area contributed by atoms with E-state index < -0.39 is 11.6 Å². The van der Waals surface area contributed by atoms with Gasteiger partial charge < -0.3 is 19.7 Å². The van der Waals surface area contributed by atoms with Crippen LogP contribution >= 0.6 is 11.6 Å². The lowest BCUT2D eigenvalue weighted by Crippen LogP contribution is -2.41. The van der Waals surface area contributed by atoms with Gasteiger partial charge in [0, 0.05) is 39.7 Å². The molecule has 7 nitrogen and oxygen atoms in total. The molecule has 3 aliphatic rings. The summed E-state index contributed by atoms with van der Waals surface area (Å²) in [6, 6.07) is 21.6. The van der Waals surface area contributed by atoms with E-state index in [4.69, 9.17) is 16.3 Å². The predicted molar refractivity (Wildman–Crippen MR) is 170 cm³/mol. The third-order valence-electron chi connectivity index (χ3n) is 10.1. The van der Waals surface area contributed by atoms with Crippen molar-refractivity contribution in [2.24, 2.45) is 17.8 Å². The molecule has 5 atom stereocenters. The number of hydrogen-bond donors (Lipinski definition) is 2. The molecule has 1 heterocycles. The first-order valence-electron chi connectivity index (χ1n) is 15.4. The van der Waals surface area contributed by atoms with Crippen molar-refractivity contribution in [3.8, 4) is 5.69 Å². The second kappa shape index (κ2) is 11.2. The van der Waals surface area contributed by atoms with Crippen LogP contribution < -0.4 is 10.7 Å². The summed E-state index contributed by atoms with van der Waals surface area (Å²) in [5.41, 5.74) is 2.13. The van der Waals surface area contributed by atoms with Crippen molar-refractivity contribution in [1.29, 1.82) is 0 Å². The minimum Gasteiger partial charge on any atom is -0.464 e. The number of ether oxygens (including phenoxy) is 1. The van der Waals surface area contributed by atoms with Gasteiger partial charge in [0.2, 0.25) is 0 Å². The number of halogens is 1. The summed E-state index contributed by atoms with van der Waals surface area (Å²) in [6.45, 7) is 0. The second-order valence-corrected chi connectivity index (χ2v) is 13.3. The Hall–Kier alpha value is -3.94. The number of carbonyl (C=O) groups excluding carboxylic acids is 2. The van der Waals surface area contributed by atoms with Crippen molar-refractivity contribution >= 4 is 34.4 Å². The van der Waals surface area contributed by atoms with Gasteiger partial charge in [-0.3, -0.25) is 9.59 Å². The summed E-state index contributed by atoms with van der Waals surface area (Å²) >= 11 is 6.34. The fourth-order valence-electron chi connectivity index (χ4n) is 8.26. The second-order valence-electron chi connectivity index (χ2n) is 12.9. The minimum absolute atomic E-state index is 0.0664. The maximum atomic E-state index is 13.9. The van der Waals surface area contributed by atoms with Crippen LogP contribution in [0.2, 0.25) is 5.02 Å². The van der Waals surface area contributed by atoms with Crippen LogP contribution in [0.4, 0.5) is 0 Å². The molecule has 0 spiro atoms. The lowest BCUT2D eigenvalue weighted by molar-refractivity contribution is -0.0247. The third kappa shape index (κ3) is 5.12. The highest BCUT2D eigenvalue weighted by molar-refractivity contribution is 6.31. The lowest BCUT2D eigenvalue weighted by atomic mass is 9.76. The van der Waals surface area contributed by atoms with Gasteiger partial charge in [-0.1, -0.05) is 41.9 Å². The first kappa shape index (κ1) is 28.8. The van der Waals surface area contributed by atoms with E-state index in [1.54, 1.807) is 34.9 Å². The Labute approximate surface area is 260 Å². The van der Waals surface area contributed by atoms with E-state index in [2.05, 4.69) is 5.32 Å². The van der Waals surface area contributed by atoms with Crippen LogP contribution in [0.25, 0.3) is 16.6 Å². The van der Waals surface area contributed by atoms with Crippen LogP contribution in [0.3, 0.4) is 0 Å². The maximum absolute atomic E-state index is 13.9. The van der Waals surface area contributed by atoms with E-state index in [-0.39, 0.29) is 29.5 Å². The molecule has 2 N–H and O–H groups in total. The number of benzene rings is 3. The highest BCUT2D eigenvalue weighted by Gasteiger charge is 2.52. The van der Waals surface area contributed by atoms with Crippen molar-refractivity contribution in [2.75, 3.05) is 7.11 Å².